The molecule has 1 heterocycles. The van der Waals surface area contributed by atoms with Crippen LogP contribution < -0.4 is 5.32 Å². The normalized spacial score (nSPS) is 23.3. The minimum atomic E-state index is -0.359. The molecule has 21 heavy (non-hydrogen) atoms. The van der Waals surface area contributed by atoms with Crippen molar-refractivity contribution in [2.24, 2.45) is 5.92 Å². The van der Waals surface area contributed by atoms with Crippen LogP contribution in [-0.4, -0.2) is 47.9 Å². The molecule has 1 rings (SSSR count). The fourth-order valence-electron chi connectivity index (χ4n) is 2.56. The van der Waals surface area contributed by atoms with Crippen LogP contribution in [0.4, 0.5) is 0 Å². The Morgan fingerprint density at radius 3 is 2.67 bits per heavy atom. The highest BCUT2D eigenvalue weighted by molar-refractivity contribution is 7.81. The minimum Gasteiger partial charge on any atom is -0.433 e. The molecule has 0 aliphatic carbocycles. The van der Waals surface area contributed by atoms with Crippen molar-refractivity contribution in [2.75, 3.05) is 13.2 Å². The van der Waals surface area contributed by atoms with Crippen molar-refractivity contribution in [1.29, 1.82) is 0 Å². The van der Waals surface area contributed by atoms with Crippen LogP contribution in [0.2, 0.25) is 6.32 Å². The number of ketones is 1. The maximum atomic E-state index is 11.6. The lowest BCUT2D eigenvalue weighted by Crippen LogP contribution is -2.44. The van der Waals surface area contributed by atoms with Crippen molar-refractivity contribution in [3.63, 3.8) is 0 Å². The van der Waals surface area contributed by atoms with Gasteiger partial charge in [-0.1, -0.05) is 12.7 Å². The van der Waals surface area contributed by atoms with E-state index in [2.05, 4.69) is 45.6 Å². The van der Waals surface area contributed by atoms with E-state index in [0.717, 1.165) is 39.6 Å². The number of carbonyl (C=O) groups excluding carboxylic acids is 1. The molecular weight excluding hydrogens is 285 g/mol. The molecule has 0 saturated carbocycles. The molecule has 1 saturated heterocycles. The average Bonchev–Trinajstić information content (AvgIpc) is 2.84. The van der Waals surface area contributed by atoms with Gasteiger partial charge in [0.05, 0.1) is 11.6 Å². The summed E-state index contributed by atoms with van der Waals surface area (Å²) in [4.78, 5) is 11.6. The Balaban J connectivity index is 2.24. The summed E-state index contributed by atoms with van der Waals surface area (Å²) >= 11 is 4.58. The molecule has 0 radical (unpaired) electrons. The molecule has 122 valence electrons. The topological polar surface area (TPSA) is 58.6 Å². The lowest BCUT2D eigenvalue weighted by atomic mass is 9.83. The van der Waals surface area contributed by atoms with Crippen LogP contribution >= 0.6 is 12.6 Å². The third-order valence-corrected chi connectivity index (χ3v) is 5.30. The Bertz CT molecular complexity index is 344. The second-order valence-corrected chi connectivity index (χ2v) is 8.14. The van der Waals surface area contributed by atoms with Gasteiger partial charge in [-0.25, -0.2) is 0 Å². The number of nitrogens with one attached hydrogen (secondary N) is 1. The van der Waals surface area contributed by atoms with Crippen molar-refractivity contribution in [3.05, 3.63) is 0 Å². The van der Waals surface area contributed by atoms with Gasteiger partial charge in [0, 0.05) is 4.75 Å². The quantitative estimate of drug-likeness (QED) is 0.343. The lowest BCUT2D eigenvalue weighted by molar-refractivity contribution is -0.124. The summed E-state index contributed by atoms with van der Waals surface area (Å²) in [6.07, 6.45) is 4.07. The zero-order valence-corrected chi connectivity index (χ0v) is 14.7. The predicted molar refractivity (Wildman–Crippen MR) is 91.4 cm³/mol. The summed E-state index contributed by atoms with van der Waals surface area (Å²) in [6.45, 7) is 8.77. The molecule has 6 heteroatoms. The summed E-state index contributed by atoms with van der Waals surface area (Å²) in [5, 5.41) is 12.2. The highest BCUT2D eigenvalue weighted by Gasteiger charge is 2.34. The molecule has 0 amide bonds. The van der Waals surface area contributed by atoms with Gasteiger partial charge in [0.2, 0.25) is 0 Å². The van der Waals surface area contributed by atoms with Crippen LogP contribution in [0.15, 0.2) is 0 Å². The summed E-state index contributed by atoms with van der Waals surface area (Å²) in [5.41, 5.74) is -0.263. The maximum Gasteiger partial charge on any atom is 0.275 e. The van der Waals surface area contributed by atoms with Crippen LogP contribution in [0.25, 0.3) is 0 Å². The standard InChI is InChI=1S/C15H30BNO3S/c1-14(2,15(3,4)21)20-16-8-5-6-11-7-9-17-13(11)12(19)10-18/h11,13,16-18,21H,5-10H2,1-4H3. The van der Waals surface area contributed by atoms with E-state index in [1.54, 1.807) is 0 Å². The molecule has 1 aliphatic heterocycles. The van der Waals surface area contributed by atoms with E-state index >= 15 is 0 Å². The van der Waals surface area contributed by atoms with Crippen LogP contribution in [0.1, 0.15) is 47.0 Å². The van der Waals surface area contributed by atoms with Gasteiger partial charge >= 0.3 is 0 Å². The highest BCUT2D eigenvalue weighted by Crippen LogP contribution is 2.31. The van der Waals surface area contributed by atoms with E-state index in [4.69, 9.17) is 9.76 Å². The first-order valence-electron chi connectivity index (χ1n) is 7.92. The number of carbonyl (C=O) groups is 1. The lowest BCUT2D eigenvalue weighted by Gasteiger charge is -2.38. The third kappa shape index (κ3) is 5.59. The van der Waals surface area contributed by atoms with E-state index in [-0.39, 0.29) is 28.8 Å². The molecule has 1 aliphatic rings. The molecule has 2 atom stereocenters. The fourth-order valence-corrected chi connectivity index (χ4v) is 2.62. The smallest absolute Gasteiger partial charge is 0.275 e. The monoisotopic (exact) mass is 315 g/mol. The Hall–Kier alpha value is -0.0351. The molecule has 0 bridgehead atoms. The zero-order chi connectivity index (χ0) is 16.1. The van der Waals surface area contributed by atoms with Crippen LogP contribution in [0.3, 0.4) is 0 Å². The van der Waals surface area contributed by atoms with Gasteiger partial charge < -0.3 is 15.1 Å². The molecule has 2 unspecified atom stereocenters. The maximum absolute atomic E-state index is 11.6. The van der Waals surface area contributed by atoms with E-state index in [0.29, 0.717) is 5.92 Å². The molecule has 0 aromatic heterocycles. The third-order valence-electron chi connectivity index (χ3n) is 4.76. The zero-order valence-electron chi connectivity index (χ0n) is 13.8. The summed E-state index contributed by atoms with van der Waals surface area (Å²) in [6, 6.07) is -0.149. The van der Waals surface area contributed by atoms with Gasteiger partial charge in [0.1, 0.15) is 6.61 Å². The Kier molecular flexibility index (Phi) is 7.24. The largest absolute Gasteiger partial charge is 0.433 e. The molecule has 0 aromatic rings. The van der Waals surface area contributed by atoms with Gasteiger partial charge in [-0.3, -0.25) is 4.79 Å². The number of thiol groups is 1. The van der Waals surface area contributed by atoms with Crippen molar-refractivity contribution < 1.29 is 14.6 Å². The SMILES string of the molecule is CC(C)(S)C(C)(C)OBCCCC1CCNC1C(=O)CO. The van der Waals surface area contributed by atoms with Crippen LogP contribution in [0, 0.1) is 5.92 Å². The average molecular weight is 315 g/mol. The van der Waals surface area contributed by atoms with E-state index in [1.165, 1.54) is 0 Å². The Morgan fingerprint density at radius 1 is 1.43 bits per heavy atom. The number of rotatable bonds is 9. The summed E-state index contributed by atoms with van der Waals surface area (Å²) in [7, 11) is 0.718. The summed E-state index contributed by atoms with van der Waals surface area (Å²) in [5.74, 6) is 0.283. The molecule has 2 N–H and O–H groups in total. The van der Waals surface area contributed by atoms with E-state index in [1.807, 2.05) is 0 Å². The Morgan fingerprint density at radius 2 is 2.10 bits per heavy atom. The number of Topliss-reactive ketones (excluding diaryl/α,β-unsaturated/α-hetero) is 1. The van der Waals surface area contributed by atoms with E-state index in [9.17, 15) is 4.79 Å². The number of hydrogen-bond donors (Lipinski definition) is 3. The molecular formula is C15H30BNO3S. The number of aliphatic hydroxyl groups excluding tert-OH is 1. The highest BCUT2D eigenvalue weighted by atomic mass is 32.1. The van der Waals surface area contributed by atoms with E-state index < -0.39 is 0 Å². The van der Waals surface area contributed by atoms with Gasteiger partial charge in [0.25, 0.3) is 7.48 Å². The second-order valence-electron chi connectivity index (χ2n) is 7.02. The van der Waals surface area contributed by atoms with Gasteiger partial charge in [0.15, 0.2) is 5.78 Å². The van der Waals surface area contributed by atoms with Gasteiger partial charge in [-0.15, -0.1) is 0 Å². The first-order valence-corrected chi connectivity index (χ1v) is 8.37. The first kappa shape index (κ1) is 19.0. The van der Waals surface area contributed by atoms with Crippen molar-refractivity contribution in [2.45, 2.75) is 69.7 Å². The minimum absolute atomic E-state index is 0.0771. The number of aliphatic hydroxyl groups is 1. The first-order chi connectivity index (χ1) is 9.69. The van der Waals surface area contributed by atoms with Crippen molar-refractivity contribution >= 4 is 25.9 Å². The molecule has 1 fully saturated rings. The molecule has 0 spiro atoms. The van der Waals surface area contributed by atoms with Crippen LogP contribution in [-0.2, 0) is 9.45 Å². The molecule has 4 nitrogen and oxygen atoms in total. The molecule has 0 aromatic carbocycles. The Labute approximate surface area is 135 Å². The van der Waals surface area contributed by atoms with Gasteiger partial charge in [-0.2, -0.15) is 12.6 Å². The number of hydrogen-bond acceptors (Lipinski definition) is 5. The van der Waals surface area contributed by atoms with Gasteiger partial charge in [-0.05, 0) is 53.0 Å². The summed E-state index contributed by atoms with van der Waals surface area (Å²) < 4.78 is 5.78. The van der Waals surface area contributed by atoms with Crippen LogP contribution in [0.5, 0.6) is 0 Å². The predicted octanol–water partition coefficient (Wildman–Crippen LogP) is 1.58. The van der Waals surface area contributed by atoms with Crippen molar-refractivity contribution in [3.8, 4) is 0 Å². The fraction of sp³-hybridized carbons (Fsp3) is 0.933. The van der Waals surface area contributed by atoms with Crippen molar-refractivity contribution in [1.82, 2.24) is 5.32 Å². The second kappa shape index (κ2) is 8.00.